The Bertz CT molecular complexity index is 1580. The first-order chi connectivity index (χ1) is 16.0. The smallest absolute Gasteiger partial charge is 0.230 e. The van der Waals surface area contributed by atoms with Crippen LogP contribution in [0.25, 0.3) is 44.9 Å². The molecule has 0 aliphatic carbocycles. The summed E-state index contributed by atoms with van der Waals surface area (Å²) < 4.78 is 44.5. The topological polar surface area (TPSA) is 117 Å². The van der Waals surface area contributed by atoms with Crippen molar-refractivity contribution in [2.75, 3.05) is 11.5 Å². The van der Waals surface area contributed by atoms with Gasteiger partial charge >= 0.3 is 0 Å². The molecule has 6 rings (SSSR count). The first-order valence-electron chi connectivity index (χ1n) is 10.0. The molecule has 0 unspecified atom stereocenters. The van der Waals surface area contributed by atoms with Gasteiger partial charge in [-0.25, -0.2) is 32.7 Å². The van der Waals surface area contributed by atoms with Crippen LogP contribution in [0.3, 0.4) is 0 Å². The third-order valence-corrected chi connectivity index (χ3v) is 7.33. The van der Waals surface area contributed by atoms with Crippen molar-refractivity contribution in [2.24, 2.45) is 0 Å². The fraction of sp³-hybridized carbons (Fsp3) is 0.136. The van der Waals surface area contributed by atoms with E-state index in [4.69, 9.17) is 4.42 Å². The Morgan fingerprint density at radius 3 is 2.45 bits per heavy atom. The number of fused-ring (bicyclic) bond motifs is 1. The summed E-state index contributed by atoms with van der Waals surface area (Å²) >= 11 is 0. The van der Waals surface area contributed by atoms with Gasteiger partial charge < -0.3 is 4.42 Å². The van der Waals surface area contributed by atoms with Gasteiger partial charge in [0.2, 0.25) is 5.71 Å². The fourth-order valence-electron chi connectivity index (χ4n) is 3.90. The predicted octanol–water partition coefficient (Wildman–Crippen LogP) is 3.32. The Morgan fingerprint density at radius 2 is 1.73 bits per heavy atom. The van der Waals surface area contributed by atoms with Crippen LogP contribution in [0.1, 0.15) is 6.04 Å². The van der Waals surface area contributed by atoms with Crippen molar-refractivity contribution in [1.29, 1.82) is 0 Å². The van der Waals surface area contributed by atoms with E-state index >= 15 is 0 Å². The highest BCUT2D eigenvalue weighted by Gasteiger charge is 2.36. The third kappa shape index (κ3) is 3.46. The summed E-state index contributed by atoms with van der Waals surface area (Å²) in [7, 11) is -3.04. The molecule has 1 saturated heterocycles. The quantitative estimate of drug-likeness (QED) is 0.399. The molecular weight excluding hydrogens is 447 g/mol. The van der Waals surface area contributed by atoms with Gasteiger partial charge in [0.25, 0.3) is 0 Å². The number of furan rings is 1. The minimum Gasteiger partial charge on any atom is -0.437 e. The lowest BCUT2D eigenvalue weighted by atomic mass is 10.0. The molecule has 1 aliphatic heterocycles. The number of rotatable bonds is 4. The molecule has 0 bridgehead atoms. The van der Waals surface area contributed by atoms with E-state index in [0.717, 1.165) is 0 Å². The standard InChI is InChI=1S/C22H15FN6O3S/c23-15-3-1-13(2-4-15)20-18(8-29(28-20)16-9-33(30,31)10-16)21-17-5-19(14-6-24-11-25-7-14)32-22(17)27-12-26-21/h1-8,11-12,16H,9-10H2. The second-order valence-corrected chi connectivity index (χ2v) is 9.94. The summed E-state index contributed by atoms with van der Waals surface area (Å²) in [4.78, 5) is 16.8. The lowest BCUT2D eigenvalue weighted by Crippen LogP contribution is -2.38. The number of benzene rings is 1. The van der Waals surface area contributed by atoms with Crippen molar-refractivity contribution in [2.45, 2.75) is 6.04 Å². The molecule has 0 N–H and O–H groups in total. The van der Waals surface area contributed by atoms with Crippen LogP contribution in [-0.2, 0) is 9.84 Å². The van der Waals surface area contributed by atoms with Crippen LogP contribution >= 0.6 is 0 Å². The van der Waals surface area contributed by atoms with Crippen LogP contribution < -0.4 is 0 Å². The fourth-order valence-corrected chi connectivity index (χ4v) is 5.28. The zero-order valence-corrected chi connectivity index (χ0v) is 17.8. The lowest BCUT2D eigenvalue weighted by Gasteiger charge is -2.25. The molecule has 0 amide bonds. The molecule has 5 aromatic rings. The third-order valence-electron chi connectivity index (χ3n) is 5.55. The number of halogens is 1. The molecule has 1 aromatic carbocycles. The van der Waals surface area contributed by atoms with E-state index in [9.17, 15) is 12.8 Å². The number of hydrogen-bond donors (Lipinski definition) is 0. The minimum absolute atomic E-state index is 0.0278. The Kier molecular flexibility index (Phi) is 4.34. The first-order valence-corrected chi connectivity index (χ1v) is 11.8. The molecule has 0 radical (unpaired) electrons. The number of aromatic nitrogens is 6. The van der Waals surface area contributed by atoms with Gasteiger partial charge in [0, 0.05) is 29.7 Å². The Labute approximate surface area is 186 Å². The molecule has 1 fully saturated rings. The summed E-state index contributed by atoms with van der Waals surface area (Å²) in [6, 6.07) is 7.51. The molecule has 5 heterocycles. The highest BCUT2D eigenvalue weighted by atomic mass is 32.2. The molecular formula is C22H15FN6O3S. The average Bonchev–Trinajstić information content (AvgIpc) is 3.43. The van der Waals surface area contributed by atoms with Gasteiger partial charge in [-0.1, -0.05) is 0 Å². The van der Waals surface area contributed by atoms with Crippen LogP contribution in [0.15, 0.2) is 66.0 Å². The van der Waals surface area contributed by atoms with Crippen LogP contribution in [0, 0.1) is 5.82 Å². The van der Waals surface area contributed by atoms with Crippen molar-refractivity contribution >= 4 is 20.9 Å². The molecule has 0 saturated carbocycles. The van der Waals surface area contributed by atoms with Crippen molar-refractivity contribution < 1.29 is 17.2 Å². The summed E-state index contributed by atoms with van der Waals surface area (Å²) in [5.74, 6) is 0.229. The van der Waals surface area contributed by atoms with Crippen LogP contribution in [0.5, 0.6) is 0 Å². The van der Waals surface area contributed by atoms with E-state index in [-0.39, 0.29) is 23.4 Å². The highest BCUT2D eigenvalue weighted by molar-refractivity contribution is 7.92. The van der Waals surface area contributed by atoms with Gasteiger partial charge in [0.1, 0.15) is 29.9 Å². The minimum atomic E-state index is -3.04. The first kappa shape index (κ1) is 19.7. The largest absolute Gasteiger partial charge is 0.437 e. The molecule has 9 nitrogen and oxygen atoms in total. The van der Waals surface area contributed by atoms with Crippen LogP contribution in [-0.4, -0.2) is 49.6 Å². The van der Waals surface area contributed by atoms with E-state index in [2.05, 4.69) is 25.0 Å². The van der Waals surface area contributed by atoms with Crippen molar-refractivity contribution in [3.05, 3.63) is 67.4 Å². The molecule has 4 aromatic heterocycles. The lowest BCUT2D eigenvalue weighted by molar-refractivity contribution is 0.474. The van der Waals surface area contributed by atoms with E-state index in [1.165, 1.54) is 24.8 Å². The monoisotopic (exact) mass is 462 g/mol. The van der Waals surface area contributed by atoms with Gasteiger partial charge in [-0.15, -0.1) is 0 Å². The van der Waals surface area contributed by atoms with Crippen molar-refractivity contribution in [3.8, 4) is 33.8 Å². The Hall–Kier alpha value is -3.99. The highest BCUT2D eigenvalue weighted by Crippen LogP contribution is 2.38. The molecule has 164 valence electrons. The zero-order chi connectivity index (χ0) is 22.6. The summed E-state index contributed by atoms with van der Waals surface area (Å²) in [5, 5.41) is 5.32. The van der Waals surface area contributed by atoms with Crippen LogP contribution in [0.4, 0.5) is 4.39 Å². The second kappa shape index (κ2) is 7.27. The average molecular weight is 462 g/mol. The molecule has 33 heavy (non-hydrogen) atoms. The number of nitrogens with zero attached hydrogens (tertiary/aromatic N) is 6. The van der Waals surface area contributed by atoms with Gasteiger partial charge in [-0.2, -0.15) is 5.10 Å². The maximum absolute atomic E-state index is 13.5. The number of hydrogen-bond acceptors (Lipinski definition) is 8. The summed E-state index contributed by atoms with van der Waals surface area (Å²) in [6.45, 7) is 0. The molecule has 1 aliphatic rings. The molecule has 0 atom stereocenters. The Balaban J connectivity index is 1.53. The van der Waals surface area contributed by atoms with Gasteiger partial charge in [-0.05, 0) is 30.3 Å². The maximum atomic E-state index is 13.5. The predicted molar refractivity (Wildman–Crippen MR) is 117 cm³/mol. The van der Waals surface area contributed by atoms with E-state index < -0.39 is 9.84 Å². The number of sulfone groups is 1. The normalized spacial score (nSPS) is 15.5. The zero-order valence-electron chi connectivity index (χ0n) is 17.0. The summed E-state index contributed by atoms with van der Waals surface area (Å²) in [6.07, 6.45) is 7.87. The molecule has 11 heteroatoms. The van der Waals surface area contributed by atoms with Crippen LogP contribution in [0.2, 0.25) is 0 Å². The van der Waals surface area contributed by atoms with Gasteiger partial charge in [0.05, 0.1) is 34.2 Å². The van der Waals surface area contributed by atoms with Gasteiger partial charge in [-0.3, -0.25) is 4.68 Å². The van der Waals surface area contributed by atoms with Gasteiger partial charge in [0.15, 0.2) is 9.84 Å². The van der Waals surface area contributed by atoms with E-state index in [0.29, 0.717) is 44.9 Å². The Morgan fingerprint density at radius 1 is 0.970 bits per heavy atom. The van der Waals surface area contributed by atoms with Crippen molar-refractivity contribution in [3.63, 3.8) is 0 Å². The SMILES string of the molecule is O=S1(=O)CC(n2cc(-c3ncnc4oc(-c5cncnc5)cc34)c(-c3ccc(F)cc3)n2)C1. The summed E-state index contributed by atoms with van der Waals surface area (Å²) in [5.41, 5.74) is 3.54. The maximum Gasteiger partial charge on any atom is 0.230 e. The van der Waals surface area contributed by atoms with E-state index in [1.54, 1.807) is 35.4 Å². The second-order valence-electron chi connectivity index (χ2n) is 7.79. The molecule has 0 spiro atoms. The van der Waals surface area contributed by atoms with E-state index in [1.807, 2.05) is 6.07 Å². The van der Waals surface area contributed by atoms with Crippen molar-refractivity contribution in [1.82, 2.24) is 29.7 Å².